The fourth-order valence-corrected chi connectivity index (χ4v) is 0.982. The molecule has 0 amide bonds. The second-order valence-electron chi connectivity index (χ2n) is 3.04. The van der Waals surface area contributed by atoms with E-state index in [4.69, 9.17) is 0 Å². The third-order valence-corrected chi connectivity index (χ3v) is 1.83. The van der Waals surface area contributed by atoms with Crippen LogP contribution in [0.4, 0.5) is 0 Å². The Hall–Kier alpha value is -1.81. The van der Waals surface area contributed by atoms with Crippen LogP contribution in [0.2, 0.25) is 0 Å². The standard InChI is InChI=1S/C13H12O/c1-11(10-14)8-9-12(2)13-6-4-3-5-7-13/h3-7,10H,1-2H3. The molecule has 0 spiro atoms. The second-order valence-corrected chi connectivity index (χ2v) is 3.04. The Morgan fingerprint density at radius 1 is 1.14 bits per heavy atom. The van der Waals surface area contributed by atoms with Crippen molar-refractivity contribution >= 4 is 11.9 Å². The SMILES string of the molecule is CC(=C=C=C(C)c1ccccc1)C=O. The third kappa shape index (κ3) is 2.91. The first-order valence-corrected chi connectivity index (χ1v) is 4.44. The summed E-state index contributed by atoms with van der Waals surface area (Å²) < 4.78 is 0. The summed E-state index contributed by atoms with van der Waals surface area (Å²) in [6, 6.07) is 9.90. The quantitative estimate of drug-likeness (QED) is 0.392. The molecular weight excluding hydrogens is 172 g/mol. The zero-order chi connectivity index (χ0) is 10.4. The number of hydrogen-bond donors (Lipinski definition) is 0. The normalized spacial score (nSPS) is 8.43. The van der Waals surface area contributed by atoms with Crippen molar-refractivity contribution in [3.63, 3.8) is 0 Å². The van der Waals surface area contributed by atoms with Gasteiger partial charge in [0.25, 0.3) is 0 Å². The van der Waals surface area contributed by atoms with Crippen molar-refractivity contribution in [2.24, 2.45) is 0 Å². The Kier molecular flexibility index (Phi) is 3.69. The van der Waals surface area contributed by atoms with Crippen LogP contribution in [0.5, 0.6) is 0 Å². The lowest BCUT2D eigenvalue weighted by Gasteiger charge is -1.94. The van der Waals surface area contributed by atoms with Crippen LogP contribution in [-0.2, 0) is 4.79 Å². The first-order chi connectivity index (χ1) is 6.74. The number of carbonyl (C=O) groups is 1. The molecule has 1 aromatic carbocycles. The lowest BCUT2D eigenvalue weighted by molar-refractivity contribution is -0.104. The predicted octanol–water partition coefficient (Wildman–Crippen LogP) is 2.99. The molecule has 0 saturated heterocycles. The van der Waals surface area contributed by atoms with Crippen molar-refractivity contribution in [1.82, 2.24) is 0 Å². The minimum atomic E-state index is 0.556. The molecular formula is C13H12O. The minimum Gasteiger partial charge on any atom is -0.298 e. The van der Waals surface area contributed by atoms with E-state index in [0.29, 0.717) is 5.57 Å². The maximum absolute atomic E-state index is 10.3. The summed E-state index contributed by atoms with van der Waals surface area (Å²) >= 11 is 0. The Morgan fingerprint density at radius 2 is 1.79 bits per heavy atom. The molecule has 1 heteroatoms. The molecule has 0 heterocycles. The van der Waals surface area contributed by atoms with Crippen LogP contribution >= 0.6 is 0 Å². The highest BCUT2D eigenvalue weighted by atomic mass is 16.1. The number of aldehydes is 1. The van der Waals surface area contributed by atoms with Crippen LogP contribution in [-0.4, -0.2) is 6.29 Å². The van der Waals surface area contributed by atoms with Crippen LogP contribution in [0.15, 0.2) is 47.4 Å². The van der Waals surface area contributed by atoms with E-state index in [0.717, 1.165) is 17.4 Å². The fraction of sp³-hybridized carbons (Fsp3) is 0.154. The fourth-order valence-electron chi connectivity index (χ4n) is 0.982. The molecule has 0 saturated carbocycles. The number of carbonyl (C=O) groups excluding carboxylic acids is 1. The molecule has 0 atom stereocenters. The molecule has 0 aliphatic rings. The smallest absolute Gasteiger partial charge is 0.154 e. The van der Waals surface area contributed by atoms with E-state index < -0.39 is 0 Å². The van der Waals surface area contributed by atoms with Gasteiger partial charge in [0.2, 0.25) is 0 Å². The molecule has 0 unspecified atom stereocenters. The van der Waals surface area contributed by atoms with Gasteiger partial charge in [-0.2, -0.15) is 0 Å². The average molecular weight is 184 g/mol. The Bertz CT molecular complexity index is 414. The van der Waals surface area contributed by atoms with Gasteiger partial charge < -0.3 is 0 Å². The number of rotatable bonds is 2. The minimum absolute atomic E-state index is 0.556. The van der Waals surface area contributed by atoms with Gasteiger partial charge >= 0.3 is 0 Å². The Morgan fingerprint density at radius 3 is 2.36 bits per heavy atom. The van der Waals surface area contributed by atoms with Crippen molar-refractivity contribution in [1.29, 1.82) is 0 Å². The van der Waals surface area contributed by atoms with E-state index in [2.05, 4.69) is 11.5 Å². The lowest BCUT2D eigenvalue weighted by Crippen LogP contribution is -1.75. The van der Waals surface area contributed by atoms with Crippen molar-refractivity contribution in [3.05, 3.63) is 52.9 Å². The molecule has 0 bridgehead atoms. The van der Waals surface area contributed by atoms with Crippen LogP contribution in [0, 0.1) is 0 Å². The van der Waals surface area contributed by atoms with Crippen LogP contribution in [0.3, 0.4) is 0 Å². The highest BCUT2D eigenvalue weighted by molar-refractivity contribution is 5.72. The molecule has 70 valence electrons. The molecule has 14 heavy (non-hydrogen) atoms. The molecule has 0 fully saturated rings. The second kappa shape index (κ2) is 5.04. The highest BCUT2D eigenvalue weighted by Gasteiger charge is 1.90. The van der Waals surface area contributed by atoms with Gasteiger partial charge in [0.15, 0.2) is 6.29 Å². The van der Waals surface area contributed by atoms with Gasteiger partial charge in [-0.25, -0.2) is 0 Å². The van der Waals surface area contributed by atoms with Gasteiger partial charge in [0, 0.05) is 11.1 Å². The summed E-state index contributed by atoms with van der Waals surface area (Å²) in [7, 11) is 0. The van der Waals surface area contributed by atoms with Gasteiger partial charge in [0.1, 0.15) is 0 Å². The summed E-state index contributed by atoms with van der Waals surface area (Å²) in [5, 5.41) is 0. The van der Waals surface area contributed by atoms with Gasteiger partial charge in [-0.15, -0.1) is 0 Å². The zero-order valence-electron chi connectivity index (χ0n) is 8.37. The van der Waals surface area contributed by atoms with E-state index in [1.807, 2.05) is 37.3 Å². The van der Waals surface area contributed by atoms with Gasteiger partial charge in [-0.1, -0.05) is 41.8 Å². The zero-order valence-corrected chi connectivity index (χ0v) is 8.37. The molecule has 0 aliphatic carbocycles. The van der Waals surface area contributed by atoms with Crippen LogP contribution < -0.4 is 0 Å². The Labute approximate surface area is 84.1 Å². The third-order valence-electron chi connectivity index (χ3n) is 1.83. The molecule has 1 rings (SSSR count). The first-order valence-electron chi connectivity index (χ1n) is 4.44. The van der Waals surface area contributed by atoms with Gasteiger partial charge in [-0.05, 0) is 19.4 Å². The number of hydrogen-bond acceptors (Lipinski definition) is 1. The average Bonchev–Trinajstić information content (AvgIpc) is 2.26. The van der Waals surface area contributed by atoms with Crippen LogP contribution in [0.1, 0.15) is 19.4 Å². The highest BCUT2D eigenvalue weighted by Crippen LogP contribution is 2.10. The van der Waals surface area contributed by atoms with Crippen molar-refractivity contribution < 1.29 is 4.79 Å². The number of benzene rings is 1. The summed E-state index contributed by atoms with van der Waals surface area (Å²) in [5.41, 5.74) is 8.37. The summed E-state index contributed by atoms with van der Waals surface area (Å²) in [6.45, 7) is 3.65. The van der Waals surface area contributed by atoms with E-state index in [9.17, 15) is 4.79 Å². The van der Waals surface area contributed by atoms with E-state index in [1.165, 1.54) is 0 Å². The van der Waals surface area contributed by atoms with Crippen molar-refractivity contribution in [3.8, 4) is 0 Å². The molecule has 1 aromatic rings. The maximum Gasteiger partial charge on any atom is 0.154 e. The maximum atomic E-state index is 10.3. The van der Waals surface area contributed by atoms with Crippen molar-refractivity contribution in [2.75, 3.05) is 0 Å². The largest absolute Gasteiger partial charge is 0.298 e. The van der Waals surface area contributed by atoms with E-state index in [-0.39, 0.29) is 0 Å². The molecule has 0 aliphatic heterocycles. The van der Waals surface area contributed by atoms with E-state index in [1.54, 1.807) is 6.92 Å². The summed E-state index contributed by atoms with van der Waals surface area (Å²) in [4.78, 5) is 10.3. The van der Waals surface area contributed by atoms with E-state index >= 15 is 0 Å². The topological polar surface area (TPSA) is 17.1 Å². The molecule has 0 aromatic heterocycles. The summed E-state index contributed by atoms with van der Waals surface area (Å²) in [5.74, 6) is 0. The van der Waals surface area contributed by atoms with Gasteiger partial charge in [-0.3, -0.25) is 4.79 Å². The molecule has 0 radical (unpaired) electrons. The van der Waals surface area contributed by atoms with Crippen molar-refractivity contribution in [2.45, 2.75) is 13.8 Å². The molecule has 0 N–H and O–H groups in total. The summed E-state index contributed by atoms with van der Waals surface area (Å²) in [6.07, 6.45) is 0.769. The monoisotopic (exact) mass is 184 g/mol. The van der Waals surface area contributed by atoms with Gasteiger partial charge in [0.05, 0.1) is 0 Å². The first kappa shape index (κ1) is 10.3. The Balaban J connectivity index is 3.14. The number of allylic oxidation sites excluding steroid dienone is 2. The molecule has 1 nitrogen and oxygen atoms in total. The lowest BCUT2D eigenvalue weighted by atomic mass is 10.1. The predicted molar refractivity (Wildman–Crippen MR) is 57.8 cm³/mol. The van der Waals surface area contributed by atoms with Crippen LogP contribution in [0.25, 0.3) is 5.57 Å².